The standard InChI is InChI=1S/C50H100N2O5Si/c1-9-12-15-17-19-21-23-25-32-45-56-47(53)36-27-30-40-51(39-29-14-11-3)43-35-44-52(42-34-38-49(55)58(7,8)50(4,5)6)41-31-28-37-48(54)57-46-33-26-24-22-20-18-16-13-10-2/h9-46H2,1-8H3. The molecule has 0 rings (SSSR count). The molecular formula is C50H100N2O5Si. The van der Waals surface area contributed by atoms with Gasteiger partial charge in [-0.2, -0.15) is 0 Å². The van der Waals surface area contributed by atoms with E-state index in [1.165, 1.54) is 109 Å². The first-order chi connectivity index (χ1) is 27.9. The second kappa shape index (κ2) is 38.7. The van der Waals surface area contributed by atoms with Crippen LogP contribution in [0.15, 0.2) is 0 Å². The summed E-state index contributed by atoms with van der Waals surface area (Å²) in [5.41, 5.74) is 0. The van der Waals surface area contributed by atoms with E-state index in [2.05, 4.69) is 64.4 Å². The zero-order valence-corrected chi connectivity index (χ0v) is 41.3. The van der Waals surface area contributed by atoms with Crippen LogP contribution in [0.2, 0.25) is 18.1 Å². The highest BCUT2D eigenvalue weighted by molar-refractivity contribution is 7.06. The molecule has 0 aliphatic rings. The molecule has 0 bridgehead atoms. The van der Waals surface area contributed by atoms with Crippen molar-refractivity contribution in [3.63, 3.8) is 0 Å². The number of esters is 2. The second-order valence-corrected chi connectivity index (χ2v) is 24.5. The molecule has 58 heavy (non-hydrogen) atoms. The van der Waals surface area contributed by atoms with Gasteiger partial charge >= 0.3 is 11.9 Å². The van der Waals surface area contributed by atoms with E-state index in [0.717, 1.165) is 103 Å². The third kappa shape index (κ3) is 33.5. The van der Waals surface area contributed by atoms with Crippen molar-refractivity contribution in [3.8, 4) is 0 Å². The van der Waals surface area contributed by atoms with Crippen molar-refractivity contribution in [2.45, 2.75) is 252 Å². The average molecular weight is 837 g/mol. The quantitative estimate of drug-likeness (QED) is 0.0344. The molecule has 0 amide bonds. The molecule has 344 valence electrons. The first-order valence-corrected chi connectivity index (χ1v) is 28.2. The third-order valence-corrected chi connectivity index (χ3v) is 18.1. The molecule has 0 saturated carbocycles. The van der Waals surface area contributed by atoms with Crippen LogP contribution in [0.25, 0.3) is 0 Å². The Morgan fingerprint density at radius 3 is 1.09 bits per heavy atom. The Kier molecular flexibility index (Phi) is 37.8. The highest BCUT2D eigenvalue weighted by Gasteiger charge is 2.41. The fraction of sp³-hybridized carbons (Fsp3) is 0.940. The van der Waals surface area contributed by atoms with Crippen molar-refractivity contribution >= 4 is 25.4 Å². The van der Waals surface area contributed by atoms with Gasteiger partial charge in [-0.3, -0.25) is 9.59 Å². The van der Waals surface area contributed by atoms with Crippen molar-refractivity contribution in [2.75, 3.05) is 52.5 Å². The highest BCUT2D eigenvalue weighted by Crippen LogP contribution is 2.37. The predicted octanol–water partition coefficient (Wildman–Crippen LogP) is 14.1. The largest absolute Gasteiger partial charge is 0.466 e. The van der Waals surface area contributed by atoms with Crippen molar-refractivity contribution in [2.24, 2.45) is 0 Å². The minimum atomic E-state index is -1.99. The van der Waals surface area contributed by atoms with Crippen LogP contribution in [-0.2, 0) is 23.9 Å². The summed E-state index contributed by atoms with van der Waals surface area (Å²) in [7, 11) is -1.99. The summed E-state index contributed by atoms with van der Waals surface area (Å²) in [5.74, 6) is -0.0901. The van der Waals surface area contributed by atoms with Crippen molar-refractivity contribution in [1.29, 1.82) is 0 Å². The van der Waals surface area contributed by atoms with Crippen LogP contribution in [0, 0.1) is 0 Å². The van der Waals surface area contributed by atoms with E-state index in [-0.39, 0.29) is 17.0 Å². The van der Waals surface area contributed by atoms with Crippen molar-refractivity contribution in [1.82, 2.24) is 9.80 Å². The molecule has 0 aromatic heterocycles. The van der Waals surface area contributed by atoms with Crippen LogP contribution in [-0.4, -0.2) is 87.7 Å². The van der Waals surface area contributed by atoms with Crippen LogP contribution < -0.4 is 0 Å². The van der Waals surface area contributed by atoms with Gasteiger partial charge in [0, 0.05) is 19.3 Å². The maximum absolute atomic E-state index is 13.3. The first-order valence-electron chi connectivity index (χ1n) is 25.2. The first kappa shape index (κ1) is 56.7. The molecule has 0 aromatic rings. The van der Waals surface area contributed by atoms with Crippen molar-refractivity contribution < 1.29 is 23.9 Å². The predicted molar refractivity (Wildman–Crippen MR) is 253 cm³/mol. The van der Waals surface area contributed by atoms with Crippen LogP contribution in [0.4, 0.5) is 0 Å². The number of ether oxygens (including phenoxy) is 2. The van der Waals surface area contributed by atoms with E-state index in [1.54, 1.807) is 0 Å². The van der Waals surface area contributed by atoms with Gasteiger partial charge in [-0.25, -0.2) is 0 Å². The molecule has 0 aromatic carbocycles. The van der Waals surface area contributed by atoms with Gasteiger partial charge in [-0.05, 0) is 102 Å². The number of hydrogen-bond donors (Lipinski definition) is 0. The molecule has 7 nitrogen and oxygen atoms in total. The Hall–Kier alpha value is -1.25. The SMILES string of the molecule is CCCCCCCCCCCOC(=O)CCCCN(CCCCC)CCCN(CCCCC(=O)OCCCCCCCCCCC)CCCC(=O)[Si](C)(C)C(C)(C)C. The van der Waals surface area contributed by atoms with Crippen LogP contribution in [0.1, 0.15) is 234 Å². The molecule has 0 saturated heterocycles. The minimum Gasteiger partial charge on any atom is -0.466 e. The number of nitrogens with zero attached hydrogens (tertiary/aromatic N) is 2. The minimum absolute atomic E-state index is 0.0353. The molecule has 0 radical (unpaired) electrons. The molecule has 0 unspecified atom stereocenters. The number of carbonyl (C=O) groups excluding carboxylic acids is 3. The van der Waals surface area contributed by atoms with E-state index >= 15 is 0 Å². The van der Waals surface area contributed by atoms with Crippen LogP contribution in [0.3, 0.4) is 0 Å². The van der Waals surface area contributed by atoms with E-state index < -0.39 is 8.07 Å². The number of unbranched alkanes of at least 4 members (excludes halogenated alkanes) is 20. The average Bonchev–Trinajstić information content (AvgIpc) is 3.18. The lowest BCUT2D eigenvalue weighted by Gasteiger charge is -2.35. The van der Waals surface area contributed by atoms with Gasteiger partial charge in [0.25, 0.3) is 0 Å². The maximum Gasteiger partial charge on any atom is 0.305 e. The lowest BCUT2D eigenvalue weighted by Crippen LogP contribution is -2.46. The summed E-state index contributed by atoms with van der Waals surface area (Å²) < 4.78 is 11.1. The summed E-state index contributed by atoms with van der Waals surface area (Å²) in [6, 6.07) is 0. The Labute approximate surface area is 362 Å². The molecule has 0 atom stereocenters. The third-order valence-electron chi connectivity index (χ3n) is 12.7. The molecular weight excluding hydrogens is 737 g/mol. The van der Waals surface area contributed by atoms with Gasteiger partial charge in [0.1, 0.15) is 13.5 Å². The number of hydrogen-bond acceptors (Lipinski definition) is 7. The summed E-state index contributed by atoms with van der Waals surface area (Å²) in [6.45, 7) is 25.1. The van der Waals surface area contributed by atoms with Gasteiger partial charge < -0.3 is 24.1 Å². The van der Waals surface area contributed by atoms with Crippen molar-refractivity contribution in [3.05, 3.63) is 0 Å². The topological polar surface area (TPSA) is 76.2 Å². The van der Waals surface area contributed by atoms with Gasteiger partial charge in [-0.15, -0.1) is 0 Å². The van der Waals surface area contributed by atoms with E-state index in [1.807, 2.05) is 0 Å². The second-order valence-electron chi connectivity index (χ2n) is 19.2. The lowest BCUT2D eigenvalue weighted by atomic mass is 10.1. The van der Waals surface area contributed by atoms with Gasteiger partial charge in [-0.1, -0.05) is 170 Å². The number of rotatable bonds is 43. The molecule has 0 N–H and O–H groups in total. The van der Waals surface area contributed by atoms with Crippen LogP contribution >= 0.6 is 0 Å². The summed E-state index contributed by atoms with van der Waals surface area (Å²) in [6.07, 6.45) is 33.9. The highest BCUT2D eigenvalue weighted by atomic mass is 28.3. The van der Waals surface area contributed by atoms with Gasteiger partial charge in [0.2, 0.25) is 0 Å². The zero-order valence-electron chi connectivity index (χ0n) is 40.3. The zero-order chi connectivity index (χ0) is 43.2. The molecule has 0 aliphatic carbocycles. The molecule has 0 aliphatic heterocycles. The normalized spacial score (nSPS) is 12.2. The number of carbonyl (C=O) groups is 3. The van der Waals surface area contributed by atoms with Gasteiger partial charge in [0.15, 0.2) is 0 Å². The van der Waals surface area contributed by atoms with E-state index in [4.69, 9.17) is 9.47 Å². The van der Waals surface area contributed by atoms with Gasteiger partial charge in [0.05, 0.1) is 13.2 Å². The molecule has 8 heteroatoms. The molecule has 0 spiro atoms. The Morgan fingerprint density at radius 1 is 0.397 bits per heavy atom. The van der Waals surface area contributed by atoms with E-state index in [9.17, 15) is 14.4 Å². The summed E-state index contributed by atoms with van der Waals surface area (Å²) in [5, 5.41) is 0.560. The lowest BCUT2D eigenvalue weighted by molar-refractivity contribution is -0.144. The fourth-order valence-corrected chi connectivity index (χ4v) is 9.16. The Bertz CT molecular complexity index is 968. The Morgan fingerprint density at radius 2 is 0.707 bits per heavy atom. The van der Waals surface area contributed by atoms with Crippen LogP contribution in [0.5, 0.6) is 0 Å². The monoisotopic (exact) mass is 837 g/mol. The fourth-order valence-electron chi connectivity index (χ4n) is 7.52. The smallest absolute Gasteiger partial charge is 0.305 e. The molecule has 0 heterocycles. The summed E-state index contributed by atoms with van der Waals surface area (Å²) >= 11 is 0. The van der Waals surface area contributed by atoms with E-state index in [0.29, 0.717) is 37.9 Å². The maximum atomic E-state index is 13.3. The Balaban J connectivity index is 4.73. The molecule has 0 fully saturated rings. The summed E-state index contributed by atoms with van der Waals surface area (Å²) in [4.78, 5) is 43.3.